The van der Waals surface area contributed by atoms with Crippen LogP contribution in [0.3, 0.4) is 0 Å². The molecule has 24 heavy (non-hydrogen) atoms. The van der Waals surface area contributed by atoms with Gasteiger partial charge in [0.1, 0.15) is 0 Å². The number of aryl methyl sites for hydroxylation is 2. The first-order chi connectivity index (χ1) is 11.7. The van der Waals surface area contributed by atoms with Gasteiger partial charge in [0.25, 0.3) is 0 Å². The highest BCUT2D eigenvalue weighted by molar-refractivity contribution is 6.00. The molecule has 1 aromatic heterocycles. The van der Waals surface area contributed by atoms with Crippen molar-refractivity contribution in [3.05, 3.63) is 84.2 Å². The summed E-state index contributed by atoms with van der Waals surface area (Å²) in [6, 6.07) is 25.1. The van der Waals surface area contributed by atoms with E-state index in [2.05, 4.69) is 60.7 Å². The lowest BCUT2D eigenvalue weighted by atomic mass is 9.97. The third-order valence-electron chi connectivity index (χ3n) is 4.40. The van der Waals surface area contributed by atoms with E-state index in [0.717, 1.165) is 33.5 Å². The van der Waals surface area contributed by atoms with Gasteiger partial charge in [0.2, 0.25) is 0 Å². The van der Waals surface area contributed by atoms with E-state index in [1.165, 1.54) is 11.1 Å². The first-order valence-electron chi connectivity index (χ1n) is 8.13. The SMILES string of the molecule is Cc1nc2c(-c3ccccc3)ccc(-c3ccccc3)c2nc1C. The number of hydrogen-bond acceptors (Lipinski definition) is 2. The van der Waals surface area contributed by atoms with Gasteiger partial charge >= 0.3 is 0 Å². The molecule has 3 aromatic carbocycles. The van der Waals surface area contributed by atoms with Crippen LogP contribution >= 0.6 is 0 Å². The Labute approximate surface area is 141 Å². The van der Waals surface area contributed by atoms with Crippen molar-refractivity contribution in [1.29, 1.82) is 0 Å². The number of benzene rings is 3. The molecule has 0 aliphatic rings. The van der Waals surface area contributed by atoms with Gasteiger partial charge in [-0.15, -0.1) is 0 Å². The number of fused-ring (bicyclic) bond motifs is 1. The zero-order valence-electron chi connectivity index (χ0n) is 13.8. The predicted octanol–water partition coefficient (Wildman–Crippen LogP) is 5.58. The first-order valence-corrected chi connectivity index (χ1v) is 8.13. The Morgan fingerprint density at radius 2 is 0.875 bits per heavy atom. The minimum atomic E-state index is 0.964. The summed E-state index contributed by atoms with van der Waals surface area (Å²) < 4.78 is 0. The molecule has 0 aliphatic carbocycles. The van der Waals surface area contributed by atoms with E-state index in [1.54, 1.807) is 0 Å². The predicted molar refractivity (Wildman–Crippen MR) is 99.9 cm³/mol. The molecule has 0 aliphatic heterocycles. The second-order valence-corrected chi connectivity index (χ2v) is 5.98. The van der Waals surface area contributed by atoms with Crippen molar-refractivity contribution in [2.45, 2.75) is 13.8 Å². The summed E-state index contributed by atoms with van der Waals surface area (Å²) in [6.45, 7) is 4.04. The molecule has 0 spiro atoms. The number of aromatic nitrogens is 2. The zero-order valence-corrected chi connectivity index (χ0v) is 13.8. The lowest BCUT2D eigenvalue weighted by Crippen LogP contribution is -1.97. The van der Waals surface area contributed by atoms with Gasteiger partial charge in [-0.25, -0.2) is 9.97 Å². The molecule has 0 saturated heterocycles. The largest absolute Gasteiger partial charge is 0.249 e. The smallest absolute Gasteiger partial charge is 0.0974 e. The third kappa shape index (κ3) is 2.46. The maximum Gasteiger partial charge on any atom is 0.0974 e. The summed E-state index contributed by atoms with van der Waals surface area (Å²) in [5.74, 6) is 0. The molecule has 0 N–H and O–H groups in total. The van der Waals surface area contributed by atoms with E-state index in [1.807, 2.05) is 26.0 Å². The van der Waals surface area contributed by atoms with Crippen LogP contribution in [0.1, 0.15) is 11.4 Å². The fourth-order valence-electron chi connectivity index (χ4n) is 3.00. The summed E-state index contributed by atoms with van der Waals surface area (Å²) >= 11 is 0. The third-order valence-corrected chi connectivity index (χ3v) is 4.40. The fraction of sp³-hybridized carbons (Fsp3) is 0.0909. The van der Waals surface area contributed by atoms with Crippen molar-refractivity contribution >= 4 is 11.0 Å². The Bertz CT molecular complexity index is 922. The van der Waals surface area contributed by atoms with Gasteiger partial charge in [0, 0.05) is 11.1 Å². The fourth-order valence-corrected chi connectivity index (χ4v) is 3.00. The minimum Gasteiger partial charge on any atom is -0.249 e. The van der Waals surface area contributed by atoms with E-state index in [0.29, 0.717) is 0 Å². The van der Waals surface area contributed by atoms with Crippen molar-refractivity contribution in [2.24, 2.45) is 0 Å². The number of rotatable bonds is 2. The molecule has 0 bridgehead atoms. The van der Waals surface area contributed by atoms with E-state index >= 15 is 0 Å². The van der Waals surface area contributed by atoms with Crippen LogP contribution < -0.4 is 0 Å². The van der Waals surface area contributed by atoms with Gasteiger partial charge in [-0.05, 0) is 25.0 Å². The molecular weight excluding hydrogens is 292 g/mol. The second kappa shape index (κ2) is 5.89. The minimum absolute atomic E-state index is 0.964. The highest BCUT2D eigenvalue weighted by atomic mass is 14.8. The molecule has 1 heterocycles. The van der Waals surface area contributed by atoms with Crippen LogP contribution in [0.15, 0.2) is 72.8 Å². The number of nitrogens with zero attached hydrogens (tertiary/aromatic N) is 2. The summed E-state index contributed by atoms with van der Waals surface area (Å²) in [5.41, 5.74) is 8.46. The van der Waals surface area contributed by atoms with Gasteiger partial charge in [-0.2, -0.15) is 0 Å². The number of hydrogen-bond donors (Lipinski definition) is 0. The van der Waals surface area contributed by atoms with Gasteiger partial charge < -0.3 is 0 Å². The van der Waals surface area contributed by atoms with Crippen LogP contribution in [0.4, 0.5) is 0 Å². The van der Waals surface area contributed by atoms with Crippen LogP contribution in [-0.4, -0.2) is 9.97 Å². The van der Waals surface area contributed by atoms with E-state index in [-0.39, 0.29) is 0 Å². The van der Waals surface area contributed by atoms with E-state index in [9.17, 15) is 0 Å². The molecular formula is C22H18N2. The Balaban J connectivity index is 2.07. The average molecular weight is 310 g/mol. The molecule has 2 nitrogen and oxygen atoms in total. The van der Waals surface area contributed by atoms with Crippen LogP contribution in [-0.2, 0) is 0 Å². The lowest BCUT2D eigenvalue weighted by molar-refractivity contribution is 1.10. The molecule has 0 fully saturated rings. The van der Waals surface area contributed by atoms with Gasteiger partial charge in [0.15, 0.2) is 0 Å². The van der Waals surface area contributed by atoms with Gasteiger partial charge in [0.05, 0.1) is 22.4 Å². The van der Waals surface area contributed by atoms with Crippen LogP contribution in [0.25, 0.3) is 33.3 Å². The zero-order chi connectivity index (χ0) is 16.5. The molecule has 0 radical (unpaired) electrons. The van der Waals surface area contributed by atoms with Crippen molar-refractivity contribution in [2.75, 3.05) is 0 Å². The molecule has 4 aromatic rings. The van der Waals surface area contributed by atoms with Gasteiger partial charge in [-0.3, -0.25) is 0 Å². The highest BCUT2D eigenvalue weighted by Crippen LogP contribution is 2.33. The topological polar surface area (TPSA) is 25.8 Å². The quantitative estimate of drug-likeness (QED) is 0.483. The molecule has 116 valence electrons. The normalized spacial score (nSPS) is 10.9. The van der Waals surface area contributed by atoms with E-state index < -0.39 is 0 Å². The van der Waals surface area contributed by atoms with Crippen molar-refractivity contribution in [1.82, 2.24) is 9.97 Å². The van der Waals surface area contributed by atoms with Crippen LogP contribution in [0.5, 0.6) is 0 Å². The molecule has 0 saturated carbocycles. The average Bonchev–Trinajstić information content (AvgIpc) is 2.63. The summed E-state index contributed by atoms with van der Waals surface area (Å²) in [7, 11) is 0. The summed E-state index contributed by atoms with van der Waals surface area (Å²) in [4.78, 5) is 9.75. The Morgan fingerprint density at radius 1 is 0.500 bits per heavy atom. The Morgan fingerprint density at radius 3 is 1.25 bits per heavy atom. The molecule has 0 unspecified atom stereocenters. The molecule has 0 atom stereocenters. The maximum absolute atomic E-state index is 4.88. The van der Waals surface area contributed by atoms with Gasteiger partial charge in [-0.1, -0.05) is 72.8 Å². The van der Waals surface area contributed by atoms with Crippen molar-refractivity contribution in [3.8, 4) is 22.3 Å². The maximum atomic E-state index is 4.88. The summed E-state index contributed by atoms with van der Waals surface area (Å²) in [5, 5.41) is 0. The van der Waals surface area contributed by atoms with E-state index in [4.69, 9.17) is 9.97 Å². The monoisotopic (exact) mass is 310 g/mol. The first kappa shape index (κ1) is 14.6. The summed E-state index contributed by atoms with van der Waals surface area (Å²) in [6.07, 6.45) is 0. The Hall–Kier alpha value is -3.00. The Kier molecular flexibility index (Phi) is 3.58. The molecule has 4 rings (SSSR count). The van der Waals surface area contributed by atoms with Crippen LogP contribution in [0.2, 0.25) is 0 Å². The van der Waals surface area contributed by atoms with Crippen LogP contribution in [0, 0.1) is 13.8 Å². The lowest BCUT2D eigenvalue weighted by Gasteiger charge is -2.12. The standard InChI is InChI=1S/C22H18N2/c1-15-16(2)24-22-20(18-11-7-4-8-12-18)14-13-19(21(22)23-15)17-9-5-3-6-10-17/h3-14H,1-2H3. The van der Waals surface area contributed by atoms with Crippen molar-refractivity contribution in [3.63, 3.8) is 0 Å². The second-order valence-electron chi connectivity index (χ2n) is 5.98. The van der Waals surface area contributed by atoms with Crippen molar-refractivity contribution < 1.29 is 0 Å². The highest BCUT2D eigenvalue weighted by Gasteiger charge is 2.13. The molecule has 2 heteroatoms. The molecule has 0 amide bonds.